The number of ether oxygens (including phenoxy) is 1. The minimum absolute atomic E-state index is 0.00863. The Hall–Kier alpha value is -2.28. The van der Waals surface area contributed by atoms with Crippen LogP contribution >= 0.6 is 0 Å². The number of aliphatic hydroxyl groups excluding tert-OH is 1. The lowest BCUT2D eigenvalue weighted by atomic mass is 10.0. The molecule has 1 heterocycles. The van der Waals surface area contributed by atoms with Gasteiger partial charge in [-0.25, -0.2) is 0 Å². The molecule has 1 aromatic rings. The molecule has 1 aliphatic rings. The summed E-state index contributed by atoms with van der Waals surface area (Å²) in [5.41, 5.74) is 0.839. The van der Waals surface area contributed by atoms with Gasteiger partial charge in [0, 0.05) is 32.8 Å². The fraction of sp³-hybridized carbons (Fsp3) is 0.619. The highest BCUT2D eigenvalue weighted by Gasteiger charge is 2.24. The Morgan fingerprint density at radius 3 is 2.86 bits per heavy atom. The summed E-state index contributed by atoms with van der Waals surface area (Å²) in [7, 11) is 0. The van der Waals surface area contributed by atoms with Crippen LogP contribution in [0.15, 0.2) is 29.3 Å². The Balaban J connectivity index is 1.84. The number of fused-ring (bicyclic) bond motifs is 1. The molecule has 1 unspecified atom stereocenters. The fourth-order valence-electron chi connectivity index (χ4n) is 3.32. The first-order valence-corrected chi connectivity index (χ1v) is 10.3. The summed E-state index contributed by atoms with van der Waals surface area (Å²) in [5.74, 6) is 1.95. The number of nitrogens with one attached hydrogen (secondary N) is 2. The van der Waals surface area contributed by atoms with E-state index in [1.165, 1.54) is 0 Å². The average Bonchev–Trinajstić information content (AvgIpc) is 2.70. The second kappa shape index (κ2) is 12.2. The van der Waals surface area contributed by atoms with Gasteiger partial charge >= 0.3 is 0 Å². The lowest BCUT2D eigenvalue weighted by Gasteiger charge is -2.29. The number of nitrogens with zero attached hydrogens (tertiary/aromatic N) is 2. The molecule has 0 spiro atoms. The van der Waals surface area contributed by atoms with Crippen LogP contribution in [0.25, 0.3) is 0 Å². The number of aliphatic imine (C=N–C) groups is 1. The number of amides is 1. The van der Waals surface area contributed by atoms with Crippen LogP contribution in [0.2, 0.25) is 0 Å². The van der Waals surface area contributed by atoms with E-state index in [1.54, 1.807) is 4.90 Å². The number of carbonyl (C=O) groups excluding carboxylic acids is 1. The summed E-state index contributed by atoms with van der Waals surface area (Å²) >= 11 is 0. The molecule has 0 saturated carbocycles. The molecular weight excluding hydrogens is 356 g/mol. The zero-order valence-electron chi connectivity index (χ0n) is 17.1. The van der Waals surface area contributed by atoms with Gasteiger partial charge in [0.25, 0.3) is 5.91 Å². The first kappa shape index (κ1) is 22.0. The maximum Gasteiger partial charge on any atom is 0.265 e. The zero-order valence-corrected chi connectivity index (χ0v) is 17.1. The molecular formula is C21H34N4O3. The van der Waals surface area contributed by atoms with Crippen LogP contribution in [0.4, 0.5) is 5.69 Å². The van der Waals surface area contributed by atoms with Gasteiger partial charge in [-0.2, -0.15) is 0 Å². The number of para-hydroxylation sites is 2. The summed E-state index contributed by atoms with van der Waals surface area (Å²) in [5, 5.41) is 15.8. The molecule has 2 rings (SSSR count). The molecule has 1 atom stereocenters. The van der Waals surface area contributed by atoms with Crippen LogP contribution in [0.5, 0.6) is 5.75 Å². The predicted molar refractivity (Wildman–Crippen MR) is 113 cm³/mol. The monoisotopic (exact) mass is 390 g/mol. The predicted octanol–water partition coefficient (Wildman–Crippen LogP) is 2.16. The molecule has 0 aliphatic carbocycles. The molecule has 0 fully saturated rings. The van der Waals surface area contributed by atoms with Crippen LogP contribution in [-0.2, 0) is 4.79 Å². The molecule has 1 aliphatic heterocycles. The minimum atomic E-state index is -0.00863. The zero-order chi connectivity index (χ0) is 20.2. The Bertz CT molecular complexity index is 630. The summed E-state index contributed by atoms with van der Waals surface area (Å²) in [6, 6.07) is 7.64. The first-order chi connectivity index (χ1) is 13.7. The van der Waals surface area contributed by atoms with E-state index in [4.69, 9.17) is 4.74 Å². The highest BCUT2D eigenvalue weighted by atomic mass is 16.5. The Morgan fingerprint density at radius 1 is 1.29 bits per heavy atom. The quantitative estimate of drug-likeness (QED) is 0.306. The van der Waals surface area contributed by atoms with Crippen molar-refractivity contribution in [3.63, 3.8) is 0 Å². The number of guanidine groups is 1. The maximum absolute atomic E-state index is 12.2. The smallest absolute Gasteiger partial charge is 0.265 e. The van der Waals surface area contributed by atoms with Gasteiger partial charge in [0.05, 0.1) is 5.69 Å². The van der Waals surface area contributed by atoms with E-state index in [0.717, 1.165) is 56.2 Å². The minimum Gasteiger partial charge on any atom is -0.482 e. The molecule has 0 radical (unpaired) electrons. The number of benzene rings is 1. The van der Waals surface area contributed by atoms with E-state index in [1.807, 2.05) is 31.2 Å². The van der Waals surface area contributed by atoms with E-state index in [-0.39, 0.29) is 19.1 Å². The number of carbonyl (C=O) groups is 1. The number of hydrogen-bond acceptors (Lipinski definition) is 4. The third-order valence-corrected chi connectivity index (χ3v) is 4.75. The van der Waals surface area contributed by atoms with Crippen LogP contribution in [-0.4, -0.2) is 56.4 Å². The van der Waals surface area contributed by atoms with Crippen LogP contribution < -0.4 is 20.3 Å². The highest BCUT2D eigenvalue weighted by Crippen LogP contribution is 2.31. The molecule has 0 saturated heterocycles. The van der Waals surface area contributed by atoms with Crippen molar-refractivity contribution in [2.24, 2.45) is 10.9 Å². The molecule has 7 heteroatoms. The summed E-state index contributed by atoms with van der Waals surface area (Å²) in [6.07, 6.45) is 3.76. The van der Waals surface area contributed by atoms with E-state index in [2.05, 4.69) is 22.5 Å². The van der Waals surface area contributed by atoms with Gasteiger partial charge in [-0.15, -0.1) is 0 Å². The number of rotatable bonds is 11. The molecule has 156 valence electrons. The number of hydrogen-bond donors (Lipinski definition) is 3. The SMILES string of the molecule is CCCC(CCO)CN=C(NCC)NCCCN1C(=O)COc2ccccc21. The number of aliphatic hydroxyl groups is 1. The van der Waals surface area contributed by atoms with Crippen LogP contribution in [0.1, 0.15) is 39.5 Å². The van der Waals surface area contributed by atoms with Crippen molar-refractivity contribution < 1.29 is 14.6 Å². The van der Waals surface area contributed by atoms with Gasteiger partial charge in [-0.05, 0) is 44.2 Å². The van der Waals surface area contributed by atoms with Crippen molar-refractivity contribution in [1.82, 2.24) is 10.6 Å². The molecule has 0 bridgehead atoms. The molecule has 1 amide bonds. The van der Waals surface area contributed by atoms with Crippen molar-refractivity contribution in [3.05, 3.63) is 24.3 Å². The van der Waals surface area contributed by atoms with Gasteiger partial charge in [0.15, 0.2) is 12.6 Å². The molecule has 7 nitrogen and oxygen atoms in total. The second-order valence-corrected chi connectivity index (χ2v) is 6.97. The topological polar surface area (TPSA) is 86.2 Å². The average molecular weight is 391 g/mol. The Morgan fingerprint density at radius 2 is 2.11 bits per heavy atom. The summed E-state index contributed by atoms with van der Waals surface area (Å²) in [6.45, 7) is 7.35. The highest BCUT2D eigenvalue weighted by molar-refractivity contribution is 5.97. The Kier molecular flexibility index (Phi) is 9.62. The van der Waals surface area contributed by atoms with Gasteiger partial charge in [-0.1, -0.05) is 25.5 Å². The van der Waals surface area contributed by atoms with E-state index < -0.39 is 0 Å². The van der Waals surface area contributed by atoms with E-state index >= 15 is 0 Å². The maximum atomic E-state index is 12.2. The van der Waals surface area contributed by atoms with Crippen molar-refractivity contribution >= 4 is 17.6 Å². The normalized spacial score (nSPS) is 15.0. The molecule has 0 aromatic heterocycles. The molecule has 3 N–H and O–H groups in total. The second-order valence-electron chi connectivity index (χ2n) is 6.97. The third-order valence-electron chi connectivity index (χ3n) is 4.75. The van der Waals surface area contributed by atoms with E-state index in [0.29, 0.717) is 19.0 Å². The van der Waals surface area contributed by atoms with Gasteiger partial charge in [0.1, 0.15) is 5.75 Å². The third kappa shape index (κ3) is 6.71. The lowest BCUT2D eigenvalue weighted by Crippen LogP contribution is -2.42. The van der Waals surface area contributed by atoms with E-state index in [9.17, 15) is 9.90 Å². The van der Waals surface area contributed by atoms with Crippen molar-refractivity contribution in [2.75, 3.05) is 44.3 Å². The number of anilines is 1. The fourth-order valence-corrected chi connectivity index (χ4v) is 3.32. The Labute approximate surface area is 168 Å². The van der Waals surface area contributed by atoms with Crippen molar-refractivity contribution in [1.29, 1.82) is 0 Å². The molecule has 28 heavy (non-hydrogen) atoms. The molecule has 1 aromatic carbocycles. The largest absolute Gasteiger partial charge is 0.482 e. The lowest BCUT2D eigenvalue weighted by molar-refractivity contribution is -0.121. The standard InChI is InChI=1S/C21H34N4O3/c1-3-8-17(11-14-26)15-24-21(22-4-2)23-12-7-13-25-18-9-5-6-10-19(18)28-16-20(25)27/h5-6,9-10,17,26H,3-4,7-8,11-16H2,1-2H3,(H2,22,23,24). The van der Waals surface area contributed by atoms with Gasteiger partial charge in [0.2, 0.25) is 0 Å². The van der Waals surface area contributed by atoms with Crippen LogP contribution in [0, 0.1) is 5.92 Å². The van der Waals surface area contributed by atoms with Crippen molar-refractivity contribution in [3.8, 4) is 5.75 Å². The van der Waals surface area contributed by atoms with Gasteiger partial charge < -0.3 is 25.4 Å². The van der Waals surface area contributed by atoms with Crippen molar-refractivity contribution in [2.45, 2.75) is 39.5 Å². The van der Waals surface area contributed by atoms with Crippen LogP contribution in [0.3, 0.4) is 0 Å². The first-order valence-electron chi connectivity index (χ1n) is 10.3. The summed E-state index contributed by atoms with van der Waals surface area (Å²) < 4.78 is 5.48. The van der Waals surface area contributed by atoms with Gasteiger partial charge in [-0.3, -0.25) is 9.79 Å². The summed E-state index contributed by atoms with van der Waals surface area (Å²) in [4.78, 5) is 18.7.